The van der Waals surface area contributed by atoms with E-state index in [0.29, 0.717) is 5.56 Å². The zero-order valence-electron chi connectivity index (χ0n) is 11.6. The van der Waals surface area contributed by atoms with Crippen molar-refractivity contribution in [2.45, 2.75) is 19.1 Å². The van der Waals surface area contributed by atoms with Gasteiger partial charge >= 0.3 is 6.18 Å². The number of alkyl halides is 3. The van der Waals surface area contributed by atoms with E-state index in [-0.39, 0.29) is 5.56 Å². The van der Waals surface area contributed by atoms with Gasteiger partial charge in [-0.2, -0.15) is 13.2 Å². The van der Waals surface area contributed by atoms with Crippen molar-refractivity contribution in [1.82, 2.24) is 5.32 Å². The number of benzene rings is 2. The highest BCUT2D eigenvalue weighted by molar-refractivity contribution is 5.37. The Bertz CT molecular complexity index is 617. The molecular formula is C16H15F4N. The molecule has 1 N–H and O–H groups in total. The Morgan fingerprint density at radius 2 is 1.62 bits per heavy atom. The third-order valence-electron chi connectivity index (χ3n) is 3.33. The van der Waals surface area contributed by atoms with Gasteiger partial charge in [0.1, 0.15) is 5.82 Å². The molecule has 2 rings (SSSR count). The van der Waals surface area contributed by atoms with Crippen molar-refractivity contribution < 1.29 is 17.6 Å². The summed E-state index contributed by atoms with van der Waals surface area (Å²) in [6.07, 6.45) is -4.49. The topological polar surface area (TPSA) is 12.0 Å². The molecule has 1 atom stereocenters. The van der Waals surface area contributed by atoms with Gasteiger partial charge in [-0.1, -0.05) is 29.8 Å². The fourth-order valence-corrected chi connectivity index (χ4v) is 2.20. The summed E-state index contributed by atoms with van der Waals surface area (Å²) in [6.45, 7) is 1.91. The second kappa shape index (κ2) is 5.85. The van der Waals surface area contributed by atoms with Crippen molar-refractivity contribution in [2.24, 2.45) is 0 Å². The number of hydrogen-bond acceptors (Lipinski definition) is 1. The van der Waals surface area contributed by atoms with Crippen molar-refractivity contribution in [3.63, 3.8) is 0 Å². The molecule has 0 saturated carbocycles. The van der Waals surface area contributed by atoms with Crippen LogP contribution >= 0.6 is 0 Å². The summed E-state index contributed by atoms with van der Waals surface area (Å²) in [5.41, 5.74) is 0.863. The molecule has 0 aliphatic heterocycles. The molecule has 0 amide bonds. The molecule has 1 nitrogen and oxygen atoms in total. The van der Waals surface area contributed by atoms with E-state index in [9.17, 15) is 17.6 Å². The van der Waals surface area contributed by atoms with Crippen molar-refractivity contribution in [2.75, 3.05) is 7.05 Å². The molecule has 0 aliphatic rings. The molecule has 0 aromatic heterocycles. The average Bonchev–Trinajstić information content (AvgIpc) is 2.42. The maximum Gasteiger partial charge on any atom is 0.416 e. The Morgan fingerprint density at radius 3 is 2.14 bits per heavy atom. The first-order valence-corrected chi connectivity index (χ1v) is 6.43. The molecule has 0 heterocycles. The predicted octanol–water partition coefficient (Wildman–Crippen LogP) is 4.46. The van der Waals surface area contributed by atoms with Gasteiger partial charge in [0.05, 0.1) is 11.6 Å². The van der Waals surface area contributed by atoms with Crippen LogP contribution in [0.25, 0.3) is 0 Å². The van der Waals surface area contributed by atoms with Crippen LogP contribution in [0, 0.1) is 12.7 Å². The van der Waals surface area contributed by atoms with Crippen LogP contribution in [-0.2, 0) is 6.18 Å². The minimum absolute atomic E-state index is 0.0174. The first-order valence-electron chi connectivity index (χ1n) is 6.43. The molecule has 2 aromatic carbocycles. The normalized spacial score (nSPS) is 13.2. The van der Waals surface area contributed by atoms with Gasteiger partial charge in [-0.15, -0.1) is 0 Å². The second-order valence-electron chi connectivity index (χ2n) is 4.87. The summed E-state index contributed by atoms with van der Waals surface area (Å²) in [7, 11) is 1.59. The van der Waals surface area contributed by atoms with Crippen LogP contribution in [0.1, 0.15) is 28.3 Å². The standard InChI is InChI=1S/C16H15F4N/c1-10-3-5-11(6-4-10)15(21-2)13-9-12(16(18,19)20)7-8-14(13)17/h3-9,15,21H,1-2H3. The summed E-state index contributed by atoms with van der Waals surface area (Å²) >= 11 is 0. The molecule has 0 spiro atoms. The number of hydrogen-bond donors (Lipinski definition) is 1. The van der Waals surface area contributed by atoms with Crippen molar-refractivity contribution >= 4 is 0 Å². The maximum absolute atomic E-state index is 14.0. The summed E-state index contributed by atoms with van der Waals surface area (Å²) in [4.78, 5) is 0. The molecular weight excluding hydrogens is 282 g/mol. The third kappa shape index (κ3) is 3.42. The summed E-state index contributed by atoms with van der Waals surface area (Å²) < 4.78 is 52.3. The quantitative estimate of drug-likeness (QED) is 0.825. The number of aryl methyl sites for hydroxylation is 1. The van der Waals surface area contributed by atoms with Crippen LogP contribution in [0.5, 0.6) is 0 Å². The Kier molecular flexibility index (Phi) is 4.32. The van der Waals surface area contributed by atoms with Crippen LogP contribution < -0.4 is 5.32 Å². The van der Waals surface area contributed by atoms with Gasteiger partial charge < -0.3 is 5.32 Å². The fourth-order valence-electron chi connectivity index (χ4n) is 2.20. The molecule has 0 aliphatic carbocycles. The van der Waals surface area contributed by atoms with E-state index in [2.05, 4.69) is 5.32 Å². The van der Waals surface area contributed by atoms with Gasteiger partial charge in [0, 0.05) is 5.56 Å². The molecule has 21 heavy (non-hydrogen) atoms. The first-order chi connectivity index (χ1) is 9.82. The van der Waals surface area contributed by atoms with Crippen LogP contribution in [0.4, 0.5) is 17.6 Å². The number of halogens is 4. The van der Waals surface area contributed by atoms with Gasteiger partial charge in [0.2, 0.25) is 0 Å². The molecule has 1 unspecified atom stereocenters. The zero-order chi connectivity index (χ0) is 15.6. The highest BCUT2D eigenvalue weighted by Crippen LogP contribution is 2.33. The minimum Gasteiger partial charge on any atom is -0.309 e. The average molecular weight is 297 g/mol. The van der Waals surface area contributed by atoms with Gasteiger partial charge in [-0.05, 0) is 37.7 Å². The third-order valence-corrected chi connectivity index (χ3v) is 3.33. The molecule has 0 bridgehead atoms. The van der Waals surface area contributed by atoms with Crippen molar-refractivity contribution in [3.8, 4) is 0 Å². The SMILES string of the molecule is CNC(c1ccc(C)cc1)c1cc(C(F)(F)F)ccc1F. The Hall–Kier alpha value is -1.88. The van der Waals surface area contributed by atoms with E-state index in [0.717, 1.165) is 23.8 Å². The zero-order valence-corrected chi connectivity index (χ0v) is 11.6. The Balaban J connectivity index is 2.49. The lowest BCUT2D eigenvalue weighted by Crippen LogP contribution is -2.20. The van der Waals surface area contributed by atoms with Crippen LogP contribution in [0.2, 0.25) is 0 Å². The Morgan fingerprint density at radius 1 is 1.00 bits per heavy atom. The van der Waals surface area contributed by atoms with E-state index < -0.39 is 23.6 Å². The molecule has 0 radical (unpaired) electrons. The van der Waals surface area contributed by atoms with Crippen molar-refractivity contribution in [3.05, 3.63) is 70.5 Å². The molecule has 112 valence electrons. The molecule has 2 aromatic rings. The molecule has 5 heteroatoms. The highest BCUT2D eigenvalue weighted by atomic mass is 19.4. The summed E-state index contributed by atoms with van der Waals surface area (Å²) in [6, 6.07) is 9.06. The largest absolute Gasteiger partial charge is 0.416 e. The fraction of sp³-hybridized carbons (Fsp3) is 0.250. The maximum atomic E-state index is 14.0. The van der Waals surface area contributed by atoms with Crippen LogP contribution in [0.3, 0.4) is 0 Å². The molecule has 0 saturated heterocycles. The summed E-state index contributed by atoms with van der Waals surface area (Å²) in [5, 5.41) is 2.87. The van der Waals surface area contributed by atoms with Crippen LogP contribution in [-0.4, -0.2) is 7.05 Å². The van der Waals surface area contributed by atoms with Gasteiger partial charge in [0.15, 0.2) is 0 Å². The van der Waals surface area contributed by atoms with E-state index >= 15 is 0 Å². The number of rotatable bonds is 3. The van der Waals surface area contributed by atoms with Gasteiger partial charge in [-0.3, -0.25) is 0 Å². The van der Waals surface area contributed by atoms with Gasteiger partial charge in [0.25, 0.3) is 0 Å². The predicted molar refractivity (Wildman–Crippen MR) is 73.5 cm³/mol. The number of nitrogens with one attached hydrogen (secondary N) is 1. The lowest BCUT2D eigenvalue weighted by atomic mass is 9.96. The highest BCUT2D eigenvalue weighted by Gasteiger charge is 2.32. The lowest BCUT2D eigenvalue weighted by molar-refractivity contribution is -0.137. The van der Waals surface area contributed by atoms with E-state index in [1.165, 1.54) is 0 Å². The van der Waals surface area contributed by atoms with E-state index in [1.807, 2.05) is 19.1 Å². The van der Waals surface area contributed by atoms with Crippen molar-refractivity contribution in [1.29, 1.82) is 0 Å². The smallest absolute Gasteiger partial charge is 0.309 e. The Labute approximate surface area is 120 Å². The minimum atomic E-state index is -4.49. The van der Waals surface area contributed by atoms with E-state index in [1.54, 1.807) is 19.2 Å². The lowest BCUT2D eigenvalue weighted by Gasteiger charge is -2.19. The second-order valence-corrected chi connectivity index (χ2v) is 4.87. The first kappa shape index (κ1) is 15.5. The van der Waals surface area contributed by atoms with Gasteiger partial charge in [-0.25, -0.2) is 4.39 Å². The van der Waals surface area contributed by atoms with Crippen LogP contribution in [0.15, 0.2) is 42.5 Å². The molecule has 0 fully saturated rings. The monoisotopic (exact) mass is 297 g/mol. The summed E-state index contributed by atoms with van der Waals surface area (Å²) in [5.74, 6) is -0.664. The van der Waals surface area contributed by atoms with E-state index in [4.69, 9.17) is 0 Å².